The van der Waals surface area contributed by atoms with E-state index in [0.717, 1.165) is 43.0 Å². The van der Waals surface area contributed by atoms with E-state index in [2.05, 4.69) is 33.5 Å². The molecule has 1 rings (SSSR count). The summed E-state index contributed by atoms with van der Waals surface area (Å²) in [7, 11) is 0. The van der Waals surface area contributed by atoms with E-state index >= 15 is 0 Å². The Bertz CT molecular complexity index is 683. The molecule has 0 spiro atoms. The van der Waals surface area contributed by atoms with Gasteiger partial charge < -0.3 is 10.6 Å². The molecule has 5 heteroatoms. The molecule has 0 aromatic heterocycles. The number of nitrogens with one attached hydrogen (secondary N) is 2. The summed E-state index contributed by atoms with van der Waals surface area (Å²) in [4.78, 5) is 25.3. The van der Waals surface area contributed by atoms with Crippen molar-refractivity contribution in [1.29, 1.82) is 0 Å². The van der Waals surface area contributed by atoms with Gasteiger partial charge in [0.2, 0.25) is 11.8 Å². The third kappa shape index (κ3) is 20.6. The molecule has 0 saturated heterocycles. The van der Waals surface area contributed by atoms with E-state index in [0.29, 0.717) is 19.4 Å². The van der Waals surface area contributed by atoms with Gasteiger partial charge in [0.1, 0.15) is 6.04 Å². The van der Waals surface area contributed by atoms with Gasteiger partial charge in [-0.25, -0.2) is 0 Å². The number of amides is 2. The molecule has 2 N–H and O–H groups in total. The van der Waals surface area contributed by atoms with E-state index in [-0.39, 0.29) is 11.8 Å². The lowest BCUT2D eigenvalue weighted by Crippen LogP contribution is -2.48. The molecular formula is C33H57BrN2O2. The third-order valence-electron chi connectivity index (χ3n) is 7.30. The van der Waals surface area contributed by atoms with Gasteiger partial charge in [0, 0.05) is 24.7 Å². The Kier molecular flexibility index (Phi) is 23.6. The van der Waals surface area contributed by atoms with Crippen LogP contribution in [0.25, 0.3) is 0 Å². The Balaban J connectivity index is 2.11. The maximum atomic E-state index is 12.9. The quantitative estimate of drug-likeness (QED) is 0.0832. The van der Waals surface area contributed by atoms with Gasteiger partial charge in [-0.3, -0.25) is 9.59 Å². The number of halogens is 1. The molecular weight excluding hydrogens is 536 g/mol. The van der Waals surface area contributed by atoms with Gasteiger partial charge in [0.05, 0.1) is 0 Å². The van der Waals surface area contributed by atoms with Crippen molar-refractivity contribution in [2.24, 2.45) is 0 Å². The zero-order valence-corrected chi connectivity index (χ0v) is 26.0. The van der Waals surface area contributed by atoms with Crippen LogP contribution in [-0.2, 0) is 16.0 Å². The predicted molar refractivity (Wildman–Crippen MR) is 167 cm³/mol. The topological polar surface area (TPSA) is 58.2 Å². The first-order valence-corrected chi connectivity index (χ1v) is 17.0. The fourth-order valence-corrected chi connectivity index (χ4v) is 5.29. The van der Waals surface area contributed by atoms with E-state index in [4.69, 9.17) is 0 Å². The average Bonchev–Trinajstić information content (AvgIpc) is 2.93. The maximum absolute atomic E-state index is 12.9. The van der Waals surface area contributed by atoms with E-state index in [1.165, 1.54) is 89.9 Å². The van der Waals surface area contributed by atoms with Gasteiger partial charge in [0.25, 0.3) is 0 Å². The number of hydrogen-bond donors (Lipinski definition) is 2. The molecule has 1 aromatic carbocycles. The van der Waals surface area contributed by atoms with Gasteiger partial charge in [0.15, 0.2) is 0 Å². The van der Waals surface area contributed by atoms with Crippen molar-refractivity contribution >= 4 is 27.7 Å². The van der Waals surface area contributed by atoms with Crippen molar-refractivity contribution in [2.75, 3.05) is 11.9 Å². The SMILES string of the molecule is CCCCCCCCCCCCCCCCCCNC(=O)[C@H](Cc1ccccc1)NC(=O)CCCCCBr. The van der Waals surface area contributed by atoms with Crippen LogP contribution >= 0.6 is 15.9 Å². The molecule has 0 aliphatic carbocycles. The molecule has 0 bridgehead atoms. The molecule has 38 heavy (non-hydrogen) atoms. The molecule has 218 valence electrons. The highest BCUT2D eigenvalue weighted by Crippen LogP contribution is 2.14. The molecule has 0 aliphatic heterocycles. The smallest absolute Gasteiger partial charge is 0.242 e. The van der Waals surface area contributed by atoms with E-state index in [1.807, 2.05) is 30.3 Å². The van der Waals surface area contributed by atoms with Crippen LogP contribution < -0.4 is 10.6 Å². The molecule has 0 saturated carbocycles. The lowest BCUT2D eigenvalue weighted by Gasteiger charge is -2.19. The monoisotopic (exact) mass is 592 g/mol. The molecule has 2 amide bonds. The number of rotatable bonds is 26. The average molecular weight is 594 g/mol. The highest BCUT2D eigenvalue weighted by Gasteiger charge is 2.20. The molecule has 0 aliphatic rings. The maximum Gasteiger partial charge on any atom is 0.242 e. The molecule has 0 radical (unpaired) electrons. The summed E-state index contributed by atoms with van der Waals surface area (Å²) < 4.78 is 0. The minimum atomic E-state index is -0.512. The Hall–Kier alpha value is -1.36. The first-order chi connectivity index (χ1) is 18.7. The van der Waals surface area contributed by atoms with Crippen LogP contribution in [-0.4, -0.2) is 29.7 Å². The van der Waals surface area contributed by atoms with Crippen LogP contribution in [0.3, 0.4) is 0 Å². The third-order valence-corrected chi connectivity index (χ3v) is 7.86. The van der Waals surface area contributed by atoms with E-state index < -0.39 is 6.04 Å². The zero-order valence-electron chi connectivity index (χ0n) is 24.4. The second-order valence-corrected chi connectivity index (χ2v) is 11.7. The molecule has 1 aromatic rings. The van der Waals surface area contributed by atoms with Crippen LogP contribution in [0.5, 0.6) is 0 Å². The van der Waals surface area contributed by atoms with Gasteiger partial charge >= 0.3 is 0 Å². The van der Waals surface area contributed by atoms with Crippen LogP contribution in [0.1, 0.15) is 141 Å². The van der Waals surface area contributed by atoms with Crippen molar-refractivity contribution in [1.82, 2.24) is 10.6 Å². The van der Waals surface area contributed by atoms with Gasteiger partial charge in [-0.2, -0.15) is 0 Å². The Morgan fingerprint density at radius 3 is 1.71 bits per heavy atom. The molecule has 0 fully saturated rings. The van der Waals surface area contributed by atoms with Crippen LogP contribution in [0.4, 0.5) is 0 Å². The lowest BCUT2D eigenvalue weighted by molar-refractivity contribution is -0.129. The van der Waals surface area contributed by atoms with E-state index in [1.54, 1.807) is 0 Å². The lowest BCUT2D eigenvalue weighted by atomic mass is 10.0. The van der Waals surface area contributed by atoms with Crippen molar-refractivity contribution in [2.45, 2.75) is 148 Å². The Morgan fingerprint density at radius 2 is 1.18 bits per heavy atom. The number of benzene rings is 1. The summed E-state index contributed by atoms with van der Waals surface area (Å²) in [6, 6.07) is 9.43. The van der Waals surface area contributed by atoms with Crippen molar-refractivity contribution < 1.29 is 9.59 Å². The van der Waals surface area contributed by atoms with E-state index in [9.17, 15) is 9.59 Å². The first kappa shape index (κ1) is 34.7. The number of alkyl halides is 1. The summed E-state index contributed by atoms with van der Waals surface area (Å²) in [5.41, 5.74) is 1.06. The van der Waals surface area contributed by atoms with Crippen LogP contribution in [0.2, 0.25) is 0 Å². The fourth-order valence-electron chi connectivity index (χ4n) is 4.89. The van der Waals surface area contributed by atoms with Crippen molar-refractivity contribution in [3.05, 3.63) is 35.9 Å². The van der Waals surface area contributed by atoms with Gasteiger partial charge in [-0.1, -0.05) is 156 Å². The fraction of sp³-hybridized carbons (Fsp3) is 0.758. The highest BCUT2D eigenvalue weighted by atomic mass is 79.9. The second-order valence-electron chi connectivity index (χ2n) is 10.9. The second kappa shape index (κ2) is 25.9. The molecule has 1 atom stereocenters. The number of carbonyl (C=O) groups is 2. The minimum absolute atomic E-state index is 0.0296. The summed E-state index contributed by atoms with van der Waals surface area (Å²) in [5.74, 6) is -0.0957. The number of unbranched alkanes of at least 4 members (excludes halogenated alkanes) is 17. The molecule has 0 heterocycles. The van der Waals surface area contributed by atoms with Crippen molar-refractivity contribution in [3.8, 4) is 0 Å². The normalized spacial score (nSPS) is 11.8. The highest BCUT2D eigenvalue weighted by molar-refractivity contribution is 9.09. The van der Waals surface area contributed by atoms with Crippen LogP contribution in [0, 0.1) is 0 Å². The molecule has 4 nitrogen and oxygen atoms in total. The zero-order chi connectivity index (χ0) is 27.5. The summed E-state index contributed by atoms with van der Waals surface area (Å²) in [6.07, 6.45) is 25.4. The number of hydrogen-bond acceptors (Lipinski definition) is 2. The largest absolute Gasteiger partial charge is 0.354 e. The number of carbonyl (C=O) groups excluding carboxylic acids is 2. The van der Waals surface area contributed by atoms with Crippen molar-refractivity contribution in [3.63, 3.8) is 0 Å². The first-order valence-electron chi connectivity index (χ1n) is 15.8. The van der Waals surface area contributed by atoms with Gasteiger partial charge in [-0.05, 0) is 24.8 Å². The van der Waals surface area contributed by atoms with Gasteiger partial charge in [-0.15, -0.1) is 0 Å². The minimum Gasteiger partial charge on any atom is -0.354 e. The Morgan fingerprint density at radius 1 is 0.684 bits per heavy atom. The van der Waals surface area contributed by atoms with Crippen LogP contribution in [0.15, 0.2) is 30.3 Å². The predicted octanol–water partition coefficient (Wildman–Crippen LogP) is 9.05. The molecule has 0 unspecified atom stereocenters. The standard InChI is InChI=1S/C33H57BrN2O2/c1-2-3-4-5-6-7-8-9-10-11-12-13-14-15-16-23-28-35-33(38)31(29-30-24-19-17-20-25-30)36-32(37)26-21-18-22-27-34/h17,19-20,24-25,31H,2-16,18,21-23,26-29H2,1H3,(H,35,38)(H,36,37)/t31-/m0/s1. The summed E-state index contributed by atoms with van der Waals surface area (Å²) in [6.45, 7) is 2.96. The summed E-state index contributed by atoms with van der Waals surface area (Å²) >= 11 is 3.43. The summed E-state index contributed by atoms with van der Waals surface area (Å²) in [5, 5.41) is 7.03. The Labute approximate surface area is 243 Å².